The molecule has 0 radical (unpaired) electrons. The van der Waals surface area contributed by atoms with Crippen LogP contribution in [0.5, 0.6) is 0 Å². The third-order valence-electron chi connectivity index (χ3n) is 5.00. The number of pyridine rings is 4. The Morgan fingerprint density at radius 2 is 1.13 bits per heavy atom. The van der Waals surface area contributed by atoms with Gasteiger partial charge >= 0.3 is 19.5 Å². The molecule has 0 fully saturated rings. The summed E-state index contributed by atoms with van der Waals surface area (Å²) in [6.07, 6.45) is 13.5. The quantitative estimate of drug-likeness (QED) is 0.0336. The van der Waals surface area contributed by atoms with E-state index in [1.807, 2.05) is 12.1 Å². The predicted octanol–water partition coefficient (Wildman–Crippen LogP) is 5.60. The van der Waals surface area contributed by atoms with Crippen molar-refractivity contribution in [3.63, 3.8) is 0 Å². The number of isothiocyanates is 1. The van der Waals surface area contributed by atoms with Gasteiger partial charge in [-0.25, -0.2) is 4.98 Å². The largest absolute Gasteiger partial charge is 2.00 e. The average Bonchev–Trinajstić information content (AvgIpc) is 3.06. The third kappa shape index (κ3) is 14.6. The molecule has 0 unspecified atom stereocenters. The minimum absolute atomic E-state index is 0. The number of ether oxygens (including phenoxy) is 3. The molecule has 0 aliphatic heterocycles. The number of carbonyl (C=O) groups is 3. The van der Waals surface area contributed by atoms with Gasteiger partial charge in [0.15, 0.2) is 0 Å². The van der Waals surface area contributed by atoms with E-state index in [2.05, 4.69) is 46.4 Å². The Bertz CT molecular complexity index is 1630. The summed E-state index contributed by atoms with van der Waals surface area (Å²) in [6.45, 7) is 0.965. The second kappa shape index (κ2) is 23.4. The maximum absolute atomic E-state index is 10.5. The number of rotatable bonds is 12. The van der Waals surface area contributed by atoms with E-state index in [9.17, 15) is 14.4 Å². The molecular weight excluding hydrogens is 736 g/mol. The summed E-state index contributed by atoms with van der Waals surface area (Å²) in [7, 11) is 0. The van der Waals surface area contributed by atoms with Crippen molar-refractivity contribution in [3.8, 4) is 22.8 Å². The van der Waals surface area contributed by atoms with Crippen molar-refractivity contribution in [2.24, 2.45) is 0 Å². The summed E-state index contributed by atoms with van der Waals surface area (Å²) < 4.78 is 14.3. The summed E-state index contributed by atoms with van der Waals surface area (Å²) in [5.74, 6) is 0. The van der Waals surface area contributed by atoms with Gasteiger partial charge in [0.1, 0.15) is 0 Å². The van der Waals surface area contributed by atoms with E-state index < -0.39 is 0 Å². The number of carbonyl (C=O) groups excluding carboxylic acids is 3. The average molecular weight is 757 g/mol. The van der Waals surface area contributed by atoms with E-state index in [0.29, 0.717) is 57.6 Å². The van der Waals surface area contributed by atoms with Crippen LogP contribution in [0, 0.1) is 0 Å². The van der Waals surface area contributed by atoms with Gasteiger partial charge in [-0.05, 0) is 83.4 Å². The fourth-order valence-electron chi connectivity index (χ4n) is 3.22. The van der Waals surface area contributed by atoms with Crippen molar-refractivity contribution >= 4 is 84.1 Å². The second-order valence-electron chi connectivity index (χ2n) is 7.82. The molecule has 0 atom stereocenters. The molecule has 0 aliphatic carbocycles. The summed E-state index contributed by atoms with van der Waals surface area (Å²) in [5.41, 5.74) is 5.09. The Balaban J connectivity index is 0.000000686. The number of hydrogen-bond donors (Lipinski definition) is 0. The van der Waals surface area contributed by atoms with Gasteiger partial charge in [-0.2, -0.15) is 5.16 Å². The SMILES string of the molecule is O=CO/C=C/c1ccnc(-c2cc(/C=C/OC=O)cc(-c3cc(/C=C/OC=O)ccn3)n2)c1.S=C([S-])c1ccccn1.[N-]=C=S.[Ru+2]. The number of nitrogens with zero attached hydrogens (tertiary/aromatic N) is 5. The molecule has 11 nitrogen and oxygen atoms in total. The maximum atomic E-state index is 10.5. The molecule has 0 amide bonds. The van der Waals surface area contributed by atoms with Crippen LogP contribution >= 0.6 is 24.4 Å². The maximum Gasteiger partial charge on any atom is 2.00 e. The summed E-state index contributed by atoms with van der Waals surface area (Å²) in [4.78, 5) is 48.5. The van der Waals surface area contributed by atoms with Crippen LogP contribution in [0.1, 0.15) is 22.4 Å². The Morgan fingerprint density at radius 3 is 1.50 bits per heavy atom. The first kappa shape index (κ1) is 39.0. The number of aromatic nitrogens is 4. The molecule has 4 heterocycles. The van der Waals surface area contributed by atoms with Crippen LogP contribution < -0.4 is 0 Å². The van der Waals surface area contributed by atoms with E-state index in [4.69, 9.17) is 30.3 Å². The van der Waals surface area contributed by atoms with E-state index in [0.717, 1.165) is 11.1 Å². The van der Waals surface area contributed by atoms with Gasteiger partial charge in [0, 0.05) is 18.6 Å². The van der Waals surface area contributed by atoms with Crippen LogP contribution in [0.2, 0.25) is 0 Å². The monoisotopic (exact) mass is 757 g/mol. The molecule has 0 spiro atoms. The van der Waals surface area contributed by atoms with Crippen LogP contribution in [0.3, 0.4) is 0 Å². The first-order chi connectivity index (χ1) is 21.9. The predicted molar refractivity (Wildman–Crippen MR) is 179 cm³/mol. The van der Waals surface area contributed by atoms with Crippen LogP contribution in [0.25, 0.3) is 46.4 Å². The van der Waals surface area contributed by atoms with Crippen LogP contribution in [0.4, 0.5) is 0 Å². The molecule has 0 bridgehead atoms. The molecule has 4 rings (SSSR count). The molecule has 15 heteroatoms. The molecule has 0 aromatic carbocycles. The van der Waals surface area contributed by atoms with Crippen molar-refractivity contribution in [3.05, 3.63) is 120 Å². The van der Waals surface area contributed by atoms with Crippen LogP contribution in [-0.4, -0.2) is 48.7 Å². The van der Waals surface area contributed by atoms with Crippen LogP contribution in [-0.2, 0) is 60.7 Å². The van der Waals surface area contributed by atoms with Crippen molar-refractivity contribution < 1.29 is 48.1 Å². The smallest absolute Gasteiger partial charge is 0.753 e. The molecule has 0 aliphatic rings. The first-order valence-corrected chi connectivity index (χ1v) is 13.5. The Labute approximate surface area is 293 Å². The zero-order chi connectivity index (χ0) is 32.7. The zero-order valence-corrected chi connectivity index (χ0v) is 27.6. The molecule has 4 aromatic heterocycles. The molecule has 0 N–H and O–H groups in total. The zero-order valence-electron chi connectivity index (χ0n) is 23.4. The van der Waals surface area contributed by atoms with Crippen molar-refractivity contribution in [1.29, 1.82) is 0 Å². The van der Waals surface area contributed by atoms with Gasteiger partial charge < -0.3 is 44.5 Å². The van der Waals surface area contributed by atoms with Gasteiger partial charge in [-0.1, -0.05) is 18.3 Å². The minimum Gasteiger partial charge on any atom is -0.753 e. The van der Waals surface area contributed by atoms with Gasteiger partial charge in [-0.3, -0.25) is 29.3 Å². The van der Waals surface area contributed by atoms with Gasteiger partial charge in [0.25, 0.3) is 19.4 Å². The molecule has 0 saturated carbocycles. The Kier molecular flexibility index (Phi) is 19.8. The van der Waals surface area contributed by atoms with Crippen molar-refractivity contribution in [1.82, 2.24) is 19.9 Å². The normalized spacial score (nSPS) is 9.83. The topological polar surface area (TPSA) is 153 Å². The molecule has 46 heavy (non-hydrogen) atoms. The molecule has 232 valence electrons. The van der Waals surface area contributed by atoms with Crippen molar-refractivity contribution in [2.75, 3.05) is 0 Å². The van der Waals surface area contributed by atoms with Gasteiger partial charge in [0.2, 0.25) is 0 Å². The first-order valence-electron chi connectivity index (χ1n) is 12.3. The van der Waals surface area contributed by atoms with Gasteiger partial charge in [0.05, 0.1) is 47.3 Å². The molecule has 0 saturated heterocycles. The second-order valence-corrected chi connectivity index (χ2v) is 9.08. The van der Waals surface area contributed by atoms with E-state index in [1.54, 1.807) is 79.3 Å². The summed E-state index contributed by atoms with van der Waals surface area (Å²) in [6, 6.07) is 16.1. The van der Waals surface area contributed by atoms with Crippen LogP contribution in [0.15, 0.2) is 92.0 Å². The van der Waals surface area contributed by atoms with Gasteiger partial charge in [-0.15, -0.1) is 4.20 Å². The Morgan fingerprint density at radius 1 is 0.696 bits per heavy atom. The van der Waals surface area contributed by atoms with E-state index in [-0.39, 0.29) is 19.5 Å². The standard InChI is InChI=1S/C24H17N3O6.C6H5NS2.CNS.Ru/c28-15-31-8-3-18-1-6-25-21(11-18)23-13-20(5-10-33-17-30)14-24(27-23)22-12-19(2-7-26-22)4-9-32-16-29;8-6(9)5-3-1-2-4-7-5;2-1-3;/h1-17H;1-4H,(H,8,9);;/q;;-1;+2/p-1/b8-3+,9-4+,10-5+;;;. The third-order valence-corrected chi connectivity index (χ3v) is 5.42. The minimum atomic E-state index is 0. The summed E-state index contributed by atoms with van der Waals surface area (Å²) >= 11 is 13.1. The fraction of sp³-hybridized carbons (Fsp3) is 0. The van der Waals surface area contributed by atoms with Crippen molar-refractivity contribution in [2.45, 2.75) is 0 Å². The number of hydrogen-bond acceptors (Lipinski definition) is 13. The fourth-order valence-corrected chi connectivity index (χ4v) is 3.47. The molecular formula is C31H21N5O6RuS3. The van der Waals surface area contributed by atoms with E-state index >= 15 is 0 Å². The molecule has 4 aromatic rings. The number of thiocarbonyl (C=S) groups is 2. The van der Waals surface area contributed by atoms with E-state index in [1.165, 1.54) is 23.9 Å². The Hall–Kier alpha value is -5.04. The summed E-state index contributed by atoms with van der Waals surface area (Å²) in [5, 5.41) is 8.47.